The molecule has 0 spiro atoms. The van der Waals surface area contributed by atoms with Gasteiger partial charge in [0.05, 0.1) is 19.3 Å². The Balaban J connectivity index is 2.11. The van der Waals surface area contributed by atoms with Gasteiger partial charge in [-0.2, -0.15) is 5.10 Å². The van der Waals surface area contributed by atoms with Gasteiger partial charge in [0.25, 0.3) is 0 Å². The molecule has 0 saturated heterocycles. The fraction of sp³-hybridized carbons (Fsp3) is 0.400. The van der Waals surface area contributed by atoms with Crippen LogP contribution in [0.1, 0.15) is 17.0 Å². The van der Waals surface area contributed by atoms with E-state index in [2.05, 4.69) is 9.82 Å². The molecule has 0 amide bonds. The maximum absolute atomic E-state index is 12.4. The van der Waals surface area contributed by atoms with E-state index in [4.69, 9.17) is 4.74 Å². The number of ether oxygens (including phenoxy) is 1. The van der Waals surface area contributed by atoms with E-state index in [1.807, 2.05) is 32.9 Å². The summed E-state index contributed by atoms with van der Waals surface area (Å²) in [5, 5.41) is 4.31. The van der Waals surface area contributed by atoms with Crippen molar-refractivity contribution in [2.75, 3.05) is 13.7 Å². The first-order valence-corrected chi connectivity index (χ1v) is 8.47. The van der Waals surface area contributed by atoms with Gasteiger partial charge in [0.1, 0.15) is 10.6 Å². The third-order valence-corrected chi connectivity index (χ3v) is 4.81. The standard InChI is InChI=1S/C15H21N3O3S/c1-11-5-6-14(21-4)15(9-11)22(19,20)16-7-8-18-13(3)10-12(2)17-18/h5-6,9-10,16H,7-8H2,1-4H3. The Morgan fingerprint density at radius 2 is 1.95 bits per heavy atom. The number of aromatic nitrogens is 2. The van der Waals surface area contributed by atoms with Gasteiger partial charge in [0.2, 0.25) is 10.0 Å². The molecule has 0 fully saturated rings. The lowest BCUT2D eigenvalue weighted by atomic mass is 10.2. The molecule has 2 rings (SSSR count). The number of hydrogen-bond acceptors (Lipinski definition) is 4. The summed E-state index contributed by atoms with van der Waals surface area (Å²) >= 11 is 0. The summed E-state index contributed by atoms with van der Waals surface area (Å²) in [5.74, 6) is 0.337. The number of benzene rings is 1. The molecule has 0 aliphatic heterocycles. The molecule has 1 N–H and O–H groups in total. The van der Waals surface area contributed by atoms with Crippen LogP contribution in [0.3, 0.4) is 0 Å². The monoisotopic (exact) mass is 323 g/mol. The molecule has 1 heterocycles. The van der Waals surface area contributed by atoms with Gasteiger partial charge >= 0.3 is 0 Å². The number of aryl methyl sites for hydroxylation is 3. The van der Waals surface area contributed by atoms with Crippen molar-refractivity contribution in [3.8, 4) is 5.75 Å². The van der Waals surface area contributed by atoms with Crippen LogP contribution >= 0.6 is 0 Å². The lowest BCUT2D eigenvalue weighted by Crippen LogP contribution is -2.28. The number of nitrogens with zero attached hydrogens (tertiary/aromatic N) is 2. The van der Waals surface area contributed by atoms with Crippen LogP contribution in [-0.4, -0.2) is 31.9 Å². The normalized spacial score (nSPS) is 11.6. The van der Waals surface area contributed by atoms with Gasteiger partial charge in [0.15, 0.2) is 0 Å². The Morgan fingerprint density at radius 3 is 2.55 bits per heavy atom. The summed E-state index contributed by atoms with van der Waals surface area (Å²) in [5.41, 5.74) is 2.78. The van der Waals surface area contributed by atoms with Crippen LogP contribution < -0.4 is 9.46 Å². The zero-order valence-corrected chi connectivity index (χ0v) is 14.1. The van der Waals surface area contributed by atoms with Crippen LogP contribution in [0.5, 0.6) is 5.75 Å². The van der Waals surface area contributed by atoms with Gasteiger partial charge in [-0.1, -0.05) is 6.07 Å². The molecule has 0 aliphatic carbocycles. The van der Waals surface area contributed by atoms with Crippen molar-refractivity contribution in [2.45, 2.75) is 32.2 Å². The Morgan fingerprint density at radius 1 is 1.23 bits per heavy atom. The molecule has 1 aromatic heterocycles. The first kappa shape index (κ1) is 16.5. The van der Waals surface area contributed by atoms with Crippen molar-refractivity contribution in [3.05, 3.63) is 41.2 Å². The van der Waals surface area contributed by atoms with E-state index >= 15 is 0 Å². The minimum absolute atomic E-state index is 0.156. The van der Waals surface area contributed by atoms with Crippen LogP contribution in [0.4, 0.5) is 0 Å². The average molecular weight is 323 g/mol. The van der Waals surface area contributed by atoms with Crippen molar-refractivity contribution in [1.29, 1.82) is 0 Å². The largest absolute Gasteiger partial charge is 0.495 e. The van der Waals surface area contributed by atoms with Gasteiger partial charge in [0, 0.05) is 12.2 Å². The summed E-state index contributed by atoms with van der Waals surface area (Å²) < 4.78 is 34.4. The second-order valence-electron chi connectivity index (χ2n) is 5.20. The summed E-state index contributed by atoms with van der Waals surface area (Å²) in [4.78, 5) is 0.156. The van der Waals surface area contributed by atoms with E-state index in [9.17, 15) is 8.42 Å². The van der Waals surface area contributed by atoms with Crippen molar-refractivity contribution >= 4 is 10.0 Å². The number of rotatable bonds is 6. The zero-order valence-electron chi connectivity index (χ0n) is 13.3. The van der Waals surface area contributed by atoms with E-state index in [0.29, 0.717) is 12.3 Å². The van der Waals surface area contributed by atoms with E-state index in [1.165, 1.54) is 7.11 Å². The Kier molecular flexibility index (Phi) is 4.87. The highest BCUT2D eigenvalue weighted by Gasteiger charge is 2.19. The predicted molar refractivity (Wildman–Crippen MR) is 84.6 cm³/mol. The number of hydrogen-bond donors (Lipinski definition) is 1. The third kappa shape index (κ3) is 3.66. The Hall–Kier alpha value is -1.86. The lowest BCUT2D eigenvalue weighted by Gasteiger charge is -2.12. The molecular formula is C15H21N3O3S. The molecule has 0 atom stereocenters. The van der Waals surface area contributed by atoms with Gasteiger partial charge in [-0.05, 0) is 44.5 Å². The fourth-order valence-electron chi connectivity index (χ4n) is 2.26. The summed E-state index contributed by atoms with van der Waals surface area (Å²) in [6.07, 6.45) is 0. The smallest absolute Gasteiger partial charge is 0.244 e. The van der Waals surface area contributed by atoms with Gasteiger partial charge in [-0.15, -0.1) is 0 Å². The molecule has 0 bridgehead atoms. The second-order valence-corrected chi connectivity index (χ2v) is 6.94. The van der Waals surface area contributed by atoms with Crippen molar-refractivity contribution in [3.63, 3.8) is 0 Å². The molecule has 0 saturated carbocycles. The molecule has 1 aromatic carbocycles. The van der Waals surface area contributed by atoms with E-state index in [1.54, 1.807) is 16.8 Å². The van der Waals surface area contributed by atoms with Gasteiger partial charge in [-0.3, -0.25) is 4.68 Å². The summed E-state index contributed by atoms with van der Waals surface area (Å²) in [6.45, 7) is 6.44. The van der Waals surface area contributed by atoms with E-state index in [-0.39, 0.29) is 11.4 Å². The molecule has 0 aliphatic rings. The van der Waals surface area contributed by atoms with Crippen molar-refractivity contribution in [2.24, 2.45) is 0 Å². The van der Waals surface area contributed by atoms with Gasteiger partial charge in [-0.25, -0.2) is 13.1 Å². The highest BCUT2D eigenvalue weighted by atomic mass is 32.2. The average Bonchev–Trinajstić information content (AvgIpc) is 2.77. The highest BCUT2D eigenvalue weighted by Crippen LogP contribution is 2.24. The molecular weight excluding hydrogens is 302 g/mol. The number of sulfonamides is 1. The lowest BCUT2D eigenvalue weighted by molar-refractivity contribution is 0.402. The van der Waals surface area contributed by atoms with E-state index < -0.39 is 10.0 Å². The first-order valence-electron chi connectivity index (χ1n) is 6.99. The van der Waals surface area contributed by atoms with Crippen LogP contribution in [-0.2, 0) is 16.6 Å². The van der Waals surface area contributed by atoms with Gasteiger partial charge < -0.3 is 4.74 Å². The quantitative estimate of drug-likeness (QED) is 0.880. The number of nitrogens with one attached hydrogen (secondary N) is 1. The van der Waals surface area contributed by atoms with E-state index in [0.717, 1.165) is 17.0 Å². The van der Waals surface area contributed by atoms with Crippen LogP contribution in [0.15, 0.2) is 29.2 Å². The molecule has 22 heavy (non-hydrogen) atoms. The minimum Gasteiger partial charge on any atom is -0.495 e. The molecule has 7 heteroatoms. The Bertz CT molecular complexity index is 766. The topological polar surface area (TPSA) is 73.2 Å². The second kappa shape index (κ2) is 6.50. The predicted octanol–water partition coefficient (Wildman–Crippen LogP) is 1.80. The van der Waals surface area contributed by atoms with Crippen LogP contribution in [0.2, 0.25) is 0 Å². The van der Waals surface area contributed by atoms with Crippen LogP contribution in [0, 0.1) is 20.8 Å². The molecule has 120 valence electrons. The highest BCUT2D eigenvalue weighted by molar-refractivity contribution is 7.89. The SMILES string of the molecule is COc1ccc(C)cc1S(=O)(=O)NCCn1nc(C)cc1C. The molecule has 6 nitrogen and oxygen atoms in total. The third-order valence-electron chi connectivity index (χ3n) is 3.33. The van der Waals surface area contributed by atoms with Crippen molar-refractivity contribution < 1.29 is 13.2 Å². The summed E-state index contributed by atoms with van der Waals surface area (Å²) in [7, 11) is -2.16. The molecule has 0 radical (unpaired) electrons. The maximum Gasteiger partial charge on any atom is 0.244 e. The molecule has 2 aromatic rings. The molecule has 0 unspecified atom stereocenters. The fourth-order valence-corrected chi connectivity index (χ4v) is 3.53. The van der Waals surface area contributed by atoms with Crippen LogP contribution in [0.25, 0.3) is 0 Å². The Labute approximate surface area is 131 Å². The zero-order chi connectivity index (χ0) is 16.3. The van der Waals surface area contributed by atoms with Crippen molar-refractivity contribution in [1.82, 2.24) is 14.5 Å². The number of methoxy groups -OCH3 is 1. The minimum atomic E-state index is -3.62. The maximum atomic E-state index is 12.4. The summed E-state index contributed by atoms with van der Waals surface area (Å²) in [6, 6.07) is 7.03. The first-order chi connectivity index (χ1) is 10.3.